The Morgan fingerprint density at radius 3 is 2.21 bits per heavy atom. The SMILES string of the molecule is O=C(O)C12CCC(C(F)(F)F)(C1)OC2. The zero-order chi connectivity index (χ0) is 10.6. The summed E-state index contributed by atoms with van der Waals surface area (Å²) in [6.45, 7) is -0.318. The fraction of sp³-hybridized carbons (Fsp3) is 0.875. The minimum Gasteiger partial charge on any atom is -0.481 e. The first-order valence-electron chi connectivity index (χ1n) is 4.26. The number of alkyl halides is 3. The number of fused-ring (bicyclic) bond motifs is 2. The monoisotopic (exact) mass is 210 g/mol. The quantitative estimate of drug-likeness (QED) is 0.714. The molecule has 1 aliphatic carbocycles. The highest BCUT2D eigenvalue weighted by atomic mass is 19.4. The van der Waals surface area contributed by atoms with Gasteiger partial charge in [0.15, 0.2) is 5.60 Å². The molecule has 0 radical (unpaired) electrons. The van der Waals surface area contributed by atoms with E-state index in [-0.39, 0.29) is 19.4 Å². The largest absolute Gasteiger partial charge is 0.481 e. The Balaban J connectivity index is 2.29. The Morgan fingerprint density at radius 1 is 1.36 bits per heavy atom. The van der Waals surface area contributed by atoms with Crippen molar-refractivity contribution >= 4 is 5.97 Å². The summed E-state index contributed by atoms with van der Waals surface area (Å²) in [5, 5.41) is 8.82. The van der Waals surface area contributed by atoms with Gasteiger partial charge in [-0.1, -0.05) is 0 Å². The van der Waals surface area contributed by atoms with E-state index >= 15 is 0 Å². The number of carboxylic acid groups (broad SMARTS) is 1. The van der Waals surface area contributed by atoms with Gasteiger partial charge in [0.25, 0.3) is 0 Å². The number of carboxylic acids is 1. The third-order valence-electron chi connectivity index (χ3n) is 3.23. The van der Waals surface area contributed by atoms with Gasteiger partial charge in [-0.15, -0.1) is 0 Å². The van der Waals surface area contributed by atoms with E-state index in [0.717, 1.165) is 0 Å². The van der Waals surface area contributed by atoms with E-state index < -0.39 is 29.6 Å². The molecule has 2 fully saturated rings. The fourth-order valence-corrected chi connectivity index (χ4v) is 2.26. The maximum atomic E-state index is 12.6. The Labute approximate surface area is 77.8 Å². The Hall–Kier alpha value is -0.780. The molecule has 1 N–H and O–H groups in total. The van der Waals surface area contributed by atoms with Crippen LogP contribution < -0.4 is 0 Å². The van der Waals surface area contributed by atoms with E-state index in [1.54, 1.807) is 0 Å². The van der Waals surface area contributed by atoms with Gasteiger partial charge in [-0.3, -0.25) is 4.79 Å². The molecule has 14 heavy (non-hydrogen) atoms. The van der Waals surface area contributed by atoms with Gasteiger partial charge in [0.05, 0.1) is 12.0 Å². The number of aliphatic carboxylic acids is 1. The molecule has 0 aromatic rings. The summed E-state index contributed by atoms with van der Waals surface area (Å²) in [5.41, 5.74) is -3.49. The summed E-state index contributed by atoms with van der Waals surface area (Å²) in [6, 6.07) is 0. The second-order valence-electron chi connectivity index (χ2n) is 4.04. The zero-order valence-corrected chi connectivity index (χ0v) is 7.23. The van der Waals surface area contributed by atoms with E-state index in [1.807, 2.05) is 0 Å². The van der Waals surface area contributed by atoms with Crippen LogP contribution in [0, 0.1) is 5.41 Å². The van der Waals surface area contributed by atoms with Gasteiger partial charge >= 0.3 is 12.1 Å². The lowest BCUT2D eigenvalue weighted by Gasteiger charge is -2.29. The molecule has 0 amide bonds. The summed E-state index contributed by atoms with van der Waals surface area (Å²) in [6.07, 6.45) is -5.07. The molecule has 1 aliphatic heterocycles. The van der Waals surface area contributed by atoms with Crippen molar-refractivity contribution in [2.24, 2.45) is 5.41 Å². The van der Waals surface area contributed by atoms with Crippen LogP contribution in [0.25, 0.3) is 0 Å². The maximum absolute atomic E-state index is 12.6. The first kappa shape index (κ1) is 9.76. The van der Waals surface area contributed by atoms with Crippen molar-refractivity contribution in [3.63, 3.8) is 0 Å². The lowest BCUT2D eigenvalue weighted by molar-refractivity contribution is -0.265. The second-order valence-corrected chi connectivity index (χ2v) is 4.04. The average Bonchev–Trinajstić information content (AvgIpc) is 2.59. The molecule has 0 aromatic heterocycles. The first-order valence-corrected chi connectivity index (χ1v) is 4.26. The lowest BCUT2D eigenvalue weighted by Crippen LogP contribution is -2.43. The van der Waals surface area contributed by atoms with E-state index in [1.165, 1.54) is 0 Å². The van der Waals surface area contributed by atoms with Gasteiger partial charge in [0.1, 0.15) is 0 Å². The van der Waals surface area contributed by atoms with Crippen molar-refractivity contribution in [3.05, 3.63) is 0 Å². The van der Waals surface area contributed by atoms with Gasteiger partial charge in [-0.05, 0) is 12.8 Å². The normalized spacial score (nSPS) is 41.6. The van der Waals surface area contributed by atoms with E-state index in [9.17, 15) is 18.0 Å². The lowest BCUT2D eigenvalue weighted by atomic mass is 9.88. The van der Waals surface area contributed by atoms with Gasteiger partial charge < -0.3 is 9.84 Å². The second kappa shape index (κ2) is 2.42. The highest BCUT2D eigenvalue weighted by molar-refractivity contribution is 5.76. The smallest absolute Gasteiger partial charge is 0.417 e. The molecule has 0 spiro atoms. The molecule has 2 aliphatic rings. The number of carbonyl (C=O) groups is 1. The van der Waals surface area contributed by atoms with Crippen LogP contribution in [0.1, 0.15) is 19.3 Å². The molecule has 2 unspecified atom stereocenters. The summed E-state index contributed by atoms with van der Waals surface area (Å²) < 4.78 is 42.3. The van der Waals surface area contributed by atoms with Gasteiger partial charge in [-0.2, -0.15) is 13.2 Å². The molecule has 2 rings (SSSR count). The highest BCUT2D eigenvalue weighted by Gasteiger charge is 2.70. The molecule has 1 saturated heterocycles. The molecule has 1 saturated carbocycles. The molecular weight excluding hydrogens is 201 g/mol. The highest BCUT2D eigenvalue weighted by Crippen LogP contribution is 2.59. The standard InChI is InChI=1S/C8H9F3O3/c9-8(10,11)7-2-1-6(3-7,4-14-7)5(12)13/h1-4H2,(H,12,13). The van der Waals surface area contributed by atoms with Gasteiger partial charge in [0.2, 0.25) is 0 Å². The summed E-state index contributed by atoms with van der Waals surface area (Å²) in [4.78, 5) is 10.8. The summed E-state index contributed by atoms with van der Waals surface area (Å²) in [7, 11) is 0. The van der Waals surface area contributed by atoms with Crippen LogP contribution in [0.3, 0.4) is 0 Å². The number of hydrogen-bond acceptors (Lipinski definition) is 2. The predicted molar refractivity (Wildman–Crippen MR) is 38.7 cm³/mol. The Bertz CT molecular complexity index is 276. The van der Waals surface area contributed by atoms with E-state index in [0.29, 0.717) is 0 Å². The molecule has 0 aromatic carbocycles. The van der Waals surface area contributed by atoms with Gasteiger partial charge in [-0.25, -0.2) is 0 Å². The third kappa shape index (κ3) is 1.00. The Morgan fingerprint density at radius 2 is 2.00 bits per heavy atom. The fourth-order valence-electron chi connectivity index (χ4n) is 2.26. The first-order chi connectivity index (χ1) is 6.31. The van der Waals surface area contributed by atoms with Crippen molar-refractivity contribution in [2.45, 2.75) is 31.0 Å². The number of hydrogen-bond donors (Lipinski definition) is 1. The number of rotatable bonds is 1. The van der Waals surface area contributed by atoms with Crippen molar-refractivity contribution < 1.29 is 27.8 Å². The molecule has 80 valence electrons. The topological polar surface area (TPSA) is 46.5 Å². The third-order valence-corrected chi connectivity index (χ3v) is 3.23. The van der Waals surface area contributed by atoms with Crippen LogP contribution in [0.4, 0.5) is 13.2 Å². The summed E-state index contributed by atoms with van der Waals surface area (Å²) in [5.74, 6) is -1.18. The van der Waals surface area contributed by atoms with Crippen molar-refractivity contribution in [1.29, 1.82) is 0 Å². The predicted octanol–water partition coefficient (Wildman–Crippen LogP) is 1.57. The van der Waals surface area contributed by atoms with Crippen LogP contribution in [0.5, 0.6) is 0 Å². The molecule has 2 bridgehead atoms. The molecular formula is C8H9F3O3. The zero-order valence-electron chi connectivity index (χ0n) is 7.23. The average molecular weight is 210 g/mol. The maximum Gasteiger partial charge on any atom is 0.417 e. The van der Waals surface area contributed by atoms with E-state index in [4.69, 9.17) is 5.11 Å². The van der Waals surface area contributed by atoms with Crippen molar-refractivity contribution in [1.82, 2.24) is 0 Å². The van der Waals surface area contributed by atoms with Crippen molar-refractivity contribution in [2.75, 3.05) is 6.61 Å². The molecule has 6 heteroatoms. The van der Waals surface area contributed by atoms with Crippen LogP contribution in [-0.2, 0) is 9.53 Å². The van der Waals surface area contributed by atoms with Crippen LogP contribution >= 0.6 is 0 Å². The summed E-state index contributed by atoms with van der Waals surface area (Å²) >= 11 is 0. The number of halogens is 3. The molecule has 2 atom stereocenters. The van der Waals surface area contributed by atoms with Crippen molar-refractivity contribution in [3.8, 4) is 0 Å². The molecule has 1 heterocycles. The molecule has 3 nitrogen and oxygen atoms in total. The minimum absolute atomic E-state index is 0.0574. The van der Waals surface area contributed by atoms with Crippen LogP contribution in [0.15, 0.2) is 0 Å². The van der Waals surface area contributed by atoms with Crippen LogP contribution in [0.2, 0.25) is 0 Å². The minimum atomic E-state index is -4.46. The number of ether oxygens (including phenoxy) is 1. The van der Waals surface area contributed by atoms with Gasteiger partial charge in [0, 0.05) is 6.42 Å². The van der Waals surface area contributed by atoms with Crippen LogP contribution in [-0.4, -0.2) is 29.5 Å². The van der Waals surface area contributed by atoms with E-state index in [2.05, 4.69) is 4.74 Å². The Kier molecular flexibility index (Phi) is 1.69.